The summed E-state index contributed by atoms with van der Waals surface area (Å²) in [7, 11) is 1.59. The zero-order chi connectivity index (χ0) is 23.4. The van der Waals surface area contributed by atoms with Gasteiger partial charge in [-0.3, -0.25) is 9.36 Å². The first-order valence-electron chi connectivity index (χ1n) is 10.7. The molecule has 0 saturated carbocycles. The first-order valence-corrected chi connectivity index (χ1v) is 11.6. The lowest BCUT2D eigenvalue weighted by Gasteiger charge is -2.28. The molecule has 1 aliphatic heterocycles. The van der Waals surface area contributed by atoms with Gasteiger partial charge in [0.2, 0.25) is 11.9 Å². The molecular weight excluding hydrogens is 448 g/mol. The van der Waals surface area contributed by atoms with Crippen LogP contribution in [0.2, 0.25) is 0 Å². The van der Waals surface area contributed by atoms with E-state index in [9.17, 15) is 13.6 Å². The highest BCUT2D eigenvalue weighted by molar-refractivity contribution is 8.00. The number of carbonyl (C=O) groups excluding carboxylic acids is 1. The highest BCUT2D eigenvalue weighted by Gasteiger charge is 2.26. The Kier molecular flexibility index (Phi) is 7.12. The van der Waals surface area contributed by atoms with E-state index in [-0.39, 0.29) is 0 Å². The summed E-state index contributed by atoms with van der Waals surface area (Å²) >= 11 is 1.16. The number of thioether (sulfide) groups is 1. The molecule has 1 fully saturated rings. The minimum absolute atomic E-state index is 0.463. The molecule has 4 rings (SSSR count). The third-order valence-corrected chi connectivity index (χ3v) is 6.49. The van der Waals surface area contributed by atoms with Crippen molar-refractivity contribution in [2.24, 2.45) is 0 Å². The van der Waals surface area contributed by atoms with E-state index in [0.717, 1.165) is 55.5 Å². The molecule has 0 aliphatic carbocycles. The molecular formula is C23H25F2N5O2S. The number of para-hydroxylation sites is 3. The van der Waals surface area contributed by atoms with Crippen molar-refractivity contribution in [3.05, 3.63) is 54.1 Å². The summed E-state index contributed by atoms with van der Waals surface area (Å²) in [4.78, 5) is 14.9. The fourth-order valence-corrected chi connectivity index (χ4v) is 4.57. The lowest BCUT2D eigenvalue weighted by atomic mass is 10.1. The SMILES string of the molecule is COc1ccccc1-n1c(SC(C)C(=O)Nc2c(F)cccc2F)nnc1N1CCCCC1. The molecule has 0 bridgehead atoms. The molecule has 1 saturated heterocycles. The largest absolute Gasteiger partial charge is 0.495 e. The molecule has 0 radical (unpaired) electrons. The number of methoxy groups -OCH3 is 1. The van der Waals surface area contributed by atoms with Gasteiger partial charge in [0.05, 0.1) is 18.0 Å². The molecule has 0 spiro atoms. The van der Waals surface area contributed by atoms with Gasteiger partial charge < -0.3 is 15.0 Å². The van der Waals surface area contributed by atoms with Gasteiger partial charge in [0.1, 0.15) is 23.1 Å². The van der Waals surface area contributed by atoms with E-state index in [1.54, 1.807) is 14.0 Å². The van der Waals surface area contributed by atoms with Crippen LogP contribution < -0.4 is 15.0 Å². The molecule has 1 unspecified atom stereocenters. The topological polar surface area (TPSA) is 72.3 Å². The number of nitrogens with one attached hydrogen (secondary N) is 1. The second kappa shape index (κ2) is 10.2. The molecule has 174 valence electrons. The van der Waals surface area contributed by atoms with E-state index in [1.807, 2.05) is 28.8 Å². The summed E-state index contributed by atoms with van der Waals surface area (Å²) in [6, 6.07) is 11.0. The molecule has 33 heavy (non-hydrogen) atoms. The molecule has 1 aromatic heterocycles. The summed E-state index contributed by atoms with van der Waals surface area (Å²) in [6.07, 6.45) is 3.30. The lowest BCUT2D eigenvalue weighted by Crippen LogP contribution is -2.32. The molecule has 7 nitrogen and oxygen atoms in total. The molecule has 3 aromatic rings. The maximum absolute atomic E-state index is 14.0. The number of piperidine rings is 1. The molecule has 2 aromatic carbocycles. The van der Waals surface area contributed by atoms with Crippen molar-refractivity contribution < 1.29 is 18.3 Å². The number of halogens is 2. The van der Waals surface area contributed by atoms with Crippen LogP contribution in [0, 0.1) is 11.6 Å². The van der Waals surface area contributed by atoms with Crippen LogP contribution in [0.4, 0.5) is 20.4 Å². The van der Waals surface area contributed by atoms with Gasteiger partial charge in [-0.05, 0) is 50.5 Å². The van der Waals surface area contributed by atoms with Gasteiger partial charge in [0.15, 0.2) is 5.16 Å². The van der Waals surface area contributed by atoms with Crippen LogP contribution >= 0.6 is 11.8 Å². The van der Waals surface area contributed by atoms with Crippen LogP contribution in [0.5, 0.6) is 5.75 Å². The Hall–Kier alpha value is -3.14. The average Bonchev–Trinajstić information content (AvgIpc) is 3.25. The van der Waals surface area contributed by atoms with Gasteiger partial charge in [0, 0.05) is 13.1 Å². The Balaban J connectivity index is 1.64. The number of nitrogens with zero attached hydrogens (tertiary/aromatic N) is 4. The van der Waals surface area contributed by atoms with Gasteiger partial charge in [0.25, 0.3) is 0 Å². The number of ether oxygens (including phenoxy) is 1. The van der Waals surface area contributed by atoms with Crippen molar-refractivity contribution in [2.45, 2.75) is 36.6 Å². The van der Waals surface area contributed by atoms with Gasteiger partial charge in [-0.1, -0.05) is 30.0 Å². The van der Waals surface area contributed by atoms with Crippen molar-refractivity contribution in [3.63, 3.8) is 0 Å². The molecule has 1 atom stereocenters. The van der Waals surface area contributed by atoms with Crippen molar-refractivity contribution in [2.75, 3.05) is 30.4 Å². The smallest absolute Gasteiger partial charge is 0.237 e. The van der Waals surface area contributed by atoms with Gasteiger partial charge in [-0.15, -0.1) is 10.2 Å². The third kappa shape index (κ3) is 4.95. The van der Waals surface area contributed by atoms with Crippen molar-refractivity contribution in [1.82, 2.24) is 14.8 Å². The number of rotatable bonds is 7. The predicted octanol–water partition coefficient (Wildman–Crippen LogP) is 4.66. The van der Waals surface area contributed by atoms with E-state index in [4.69, 9.17) is 4.74 Å². The number of hydrogen-bond acceptors (Lipinski definition) is 6. The number of amides is 1. The number of hydrogen-bond donors (Lipinski definition) is 1. The highest BCUT2D eigenvalue weighted by atomic mass is 32.2. The first-order chi connectivity index (χ1) is 16.0. The minimum Gasteiger partial charge on any atom is -0.495 e. The fraction of sp³-hybridized carbons (Fsp3) is 0.348. The summed E-state index contributed by atoms with van der Waals surface area (Å²) in [5.74, 6) is -0.884. The second-order valence-electron chi connectivity index (χ2n) is 7.68. The maximum atomic E-state index is 14.0. The minimum atomic E-state index is -0.829. The highest BCUT2D eigenvalue weighted by Crippen LogP contribution is 2.34. The number of carbonyl (C=O) groups is 1. The van der Waals surface area contributed by atoms with Crippen LogP contribution in [-0.2, 0) is 4.79 Å². The Morgan fingerprint density at radius 2 is 1.76 bits per heavy atom. The second-order valence-corrected chi connectivity index (χ2v) is 8.99. The Bertz CT molecular complexity index is 1110. The van der Waals surface area contributed by atoms with E-state index >= 15 is 0 Å². The monoisotopic (exact) mass is 473 g/mol. The van der Waals surface area contributed by atoms with E-state index in [1.165, 1.54) is 12.5 Å². The quantitative estimate of drug-likeness (QED) is 0.503. The Morgan fingerprint density at radius 1 is 1.06 bits per heavy atom. The van der Waals surface area contributed by atoms with Crippen molar-refractivity contribution >= 4 is 29.3 Å². The van der Waals surface area contributed by atoms with Crippen molar-refractivity contribution in [3.8, 4) is 11.4 Å². The zero-order valence-corrected chi connectivity index (χ0v) is 19.2. The normalized spacial score (nSPS) is 14.7. The van der Waals surface area contributed by atoms with Crippen LogP contribution in [-0.4, -0.2) is 46.1 Å². The molecule has 1 aliphatic rings. The number of aromatic nitrogens is 3. The summed E-state index contributed by atoms with van der Waals surface area (Å²) in [5.41, 5.74) is 0.288. The standard InChI is InChI=1S/C23H25F2N5O2S/c1-15(21(31)26-20-16(24)9-8-10-17(20)25)33-23-28-27-22(29-13-6-3-7-14-29)30(23)18-11-4-5-12-19(18)32-2/h4-5,8-12,15H,3,6-7,13-14H2,1-2H3,(H,26,31). The van der Waals surface area contributed by atoms with Gasteiger partial charge >= 0.3 is 0 Å². The molecule has 1 N–H and O–H groups in total. The van der Waals surface area contributed by atoms with Gasteiger partial charge in [-0.2, -0.15) is 0 Å². The van der Waals surface area contributed by atoms with Crippen LogP contribution in [0.25, 0.3) is 5.69 Å². The van der Waals surface area contributed by atoms with E-state index in [0.29, 0.717) is 16.9 Å². The zero-order valence-electron chi connectivity index (χ0n) is 18.4. The first kappa shape index (κ1) is 23.0. The summed E-state index contributed by atoms with van der Waals surface area (Å²) < 4.78 is 35.4. The number of anilines is 2. The lowest BCUT2D eigenvalue weighted by molar-refractivity contribution is -0.115. The van der Waals surface area contributed by atoms with E-state index < -0.39 is 28.5 Å². The Labute approximate surface area is 195 Å². The predicted molar refractivity (Wildman–Crippen MR) is 124 cm³/mol. The van der Waals surface area contributed by atoms with Gasteiger partial charge in [-0.25, -0.2) is 8.78 Å². The summed E-state index contributed by atoms with van der Waals surface area (Å²) in [6.45, 7) is 3.38. The molecule has 2 heterocycles. The van der Waals surface area contributed by atoms with Crippen LogP contribution in [0.1, 0.15) is 26.2 Å². The van der Waals surface area contributed by atoms with Crippen molar-refractivity contribution in [1.29, 1.82) is 0 Å². The van der Waals surface area contributed by atoms with E-state index in [2.05, 4.69) is 20.4 Å². The third-order valence-electron chi connectivity index (χ3n) is 5.44. The summed E-state index contributed by atoms with van der Waals surface area (Å²) in [5, 5.41) is 10.9. The number of benzene rings is 2. The maximum Gasteiger partial charge on any atom is 0.237 e. The molecule has 1 amide bonds. The van der Waals surface area contributed by atoms with Crippen LogP contribution in [0.3, 0.4) is 0 Å². The average molecular weight is 474 g/mol. The molecule has 10 heteroatoms. The fourth-order valence-electron chi connectivity index (χ4n) is 3.72. The Morgan fingerprint density at radius 3 is 2.45 bits per heavy atom. The van der Waals surface area contributed by atoms with Crippen LogP contribution in [0.15, 0.2) is 47.6 Å².